The van der Waals surface area contributed by atoms with Gasteiger partial charge in [-0.15, -0.1) is 0 Å². The van der Waals surface area contributed by atoms with Gasteiger partial charge < -0.3 is 4.90 Å². The molecule has 1 unspecified atom stereocenters. The van der Waals surface area contributed by atoms with E-state index in [2.05, 4.69) is 20.2 Å². The van der Waals surface area contributed by atoms with Crippen molar-refractivity contribution in [2.45, 2.75) is 51.4 Å². The lowest BCUT2D eigenvalue weighted by Crippen LogP contribution is -2.40. The molecule has 1 fully saturated rings. The lowest BCUT2D eigenvalue weighted by Gasteiger charge is -2.32. The summed E-state index contributed by atoms with van der Waals surface area (Å²) in [6, 6.07) is 1.97. The van der Waals surface area contributed by atoms with E-state index in [1.165, 1.54) is 6.42 Å². The van der Waals surface area contributed by atoms with Gasteiger partial charge in [-0.3, -0.25) is 9.89 Å². The van der Waals surface area contributed by atoms with E-state index in [0.29, 0.717) is 11.6 Å². The van der Waals surface area contributed by atoms with Gasteiger partial charge in [0.05, 0.1) is 0 Å². The lowest BCUT2D eigenvalue weighted by atomic mass is 9.93. The summed E-state index contributed by atoms with van der Waals surface area (Å²) in [5.74, 6) is 1.15. The zero-order valence-corrected chi connectivity index (χ0v) is 14.1. The number of carbonyl (C=O) groups is 1. The van der Waals surface area contributed by atoms with Crippen LogP contribution in [0, 0.1) is 6.92 Å². The van der Waals surface area contributed by atoms with Crippen LogP contribution >= 0.6 is 0 Å². The molecular weight excluding hydrogens is 302 g/mol. The molecular formula is C18H23N5O. The molecule has 2 aromatic rings. The number of piperidine rings is 1. The summed E-state index contributed by atoms with van der Waals surface area (Å²) in [6.45, 7) is 3.43. The number of rotatable bonds is 2. The number of aryl methyl sites for hydroxylation is 2. The van der Waals surface area contributed by atoms with Gasteiger partial charge in [0, 0.05) is 42.2 Å². The third-order valence-electron chi connectivity index (χ3n) is 5.18. The van der Waals surface area contributed by atoms with Gasteiger partial charge in [-0.1, -0.05) is 0 Å². The van der Waals surface area contributed by atoms with E-state index in [-0.39, 0.29) is 5.91 Å². The van der Waals surface area contributed by atoms with E-state index >= 15 is 0 Å². The third kappa shape index (κ3) is 2.81. The Morgan fingerprint density at radius 3 is 3.04 bits per heavy atom. The first-order valence-electron chi connectivity index (χ1n) is 8.87. The van der Waals surface area contributed by atoms with E-state index in [1.807, 2.05) is 24.1 Å². The second-order valence-electron chi connectivity index (χ2n) is 6.86. The van der Waals surface area contributed by atoms with Crippen LogP contribution in [0.1, 0.15) is 64.9 Å². The average Bonchev–Trinajstić information content (AvgIpc) is 3.05. The Hall–Kier alpha value is -2.24. The molecule has 2 aromatic heterocycles. The number of aromatic nitrogens is 4. The molecule has 0 radical (unpaired) electrons. The second kappa shape index (κ2) is 6.34. The van der Waals surface area contributed by atoms with E-state index in [4.69, 9.17) is 0 Å². The molecule has 6 nitrogen and oxygen atoms in total. The molecule has 1 atom stereocenters. The van der Waals surface area contributed by atoms with E-state index < -0.39 is 0 Å². The Labute approximate surface area is 141 Å². The molecule has 0 bridgehead atoms. The molecule has 6 heteroatoms. The summed E-state index contributed by atoms with van der Waals surface area (Å²) in [6.07, 6.45) is 8.19. The Kier molecular flexibility index (Phi) is 4.04. The normalized spacial score (nSPS) is 20.7. The number of carbonyl (C=O) groups excluding carboxylic acids is 1. The third-order valence-corrected chi connectivity index (χ3v) is 5.18. The summed E-state index contributed by atoms with van der Waals surface area (Å²) < 4.78 is 0. The number of fused-ring (bicyclic) bond motifs is 1. The van der Waals surface area contributed by atoms with Crippen molar-refractivity contribution < 1.29 is 4.79 Å². The molecule has 126 valence electrons. The van der Waals surface area contributed by atoms with Gasteiger partial charge in [0.15, 0.2) is 5.69 Å². The van der Waals surface area contributed by atoms with Crippen molar-refractivity contribution in [3.8, 4) is 0 Å². The standard InChI is InChI=1S/C18H23N5O/c1-12-19-9-8-15(20-12)13-5-4-10-23(11-13)18(24)17-14-6-2-3-7-16(14)21-22-17/h8-9,13H,2-7,10-11H2,1H3,(H,21,22). The molecule has 1 saturated heterocycles. The van der Waals surface area contributed by atoms with Crippen molar-refractivity contribution in [1.82, 2.24) is 25.1 Å². The molecule has 4 rings (SSSR count). The lowest BCUT2D eigenvalue weighted by molar-refractivity contribution is 0.0698. The number of likely N-dealkylation sites (tertiary alicyclic amines) is 1. The maximum atomic E-state index is 13.0. The summed E-state index contributed by atoms with van der Waals surface area (Å²) in [5, 5.41) is 7.42. The minimum Gasteiger partial charge on any atom is -0.337 e. The first-order chi connectivity index (χ1) is 11.7. The molecule has 24 heavy (non-hydrogen) atoms. The molecule has 1 aliphatic carbocycles. The van der Waals surface area contributed by atoms with Crippen LogP contribution in [0.2, 0.25) is 0 Å². The highest BCUT2D eigenvalue weighted by Gasteiger charge is 2.30. The van der Waals surface area contributed by atoms with E-state index in [0.717, 1.165) is 68.0 Å². The fourth-order valence-corrected chi connectivity index (χ4v) is 3.91. The average molecular weight is 325 g/mol. The second-order valence-corrected chi connectivity index (χ2v) is 6.86. The minimum absolute atomic E-state index is 0.0740. The number of H-pyrrole nitrogens is 1. The largest absolute Gasteiger partial charge is 0.337 e. The maximum absolute atomic E-state index is 13.0. The fourth-order valence-electron chi connectivity index (χ4n) is 3.91. The van der Waals surface area contributed by atoms with Crippen molar-refractivity contribution in [2.75, 3.05) is 13.1 Å². The highest BCUT2D eigenvalue weighted by atomic mass is 16.2. The van der Waals surface area contributed by atoms with Crippen LogP contribution < -0.4 is 0 Å². The van der Waals surface area contributed by atoms with Crippen LogP contribution in [0.25, 0.3) is 0 Å². The zero-order chi connectivity index (χ0) is 16.5. The Balaban J connectivity index is 1.54. The number of hydrogen-bond acceptors (Lipinski definition) is 4. The zero-order valence-electron chi connectivity index (χ0n) is 14.1. The van der Waals surface area contributed by atoms with Crippen molar-refractivity contribution in [3.63, 3.8) is 0 Å². The predicted octanol–water partition coefficient (Wildman–Crippen LogP) is 2.41. The maximum Gasteiger partial charge on any atom is 0.274 e. The predicted molar refractivity (Wildman–Crippen MR) is 89.9 cm³/mol. The highest BCUT2D eigenvalue weighted by molar-refractivity contribution is 5.94. The summed E-state index contributed by atoms with van der Waals surface area (Å²) in [7, 11) is 0. The minimum atomic E-state index is 0.0740. The van der Waals surface area contributed by atoms with Crippen molar-refractivity contribution in [1.29, 1.82) is 0 Å². The monoisotopic (exact) mass is 325 g/mol. The van der Waals surface area contributed by atoms with Gasteiger partial charge in [0.1, 0.15) is 5.82 Å². The van der Waals surface area contributed by atoms with E-state index in [1.54, 1.807) is 0 Å². The number of hydrogen-bond donors (Lipinski definition) is 1. The van der Waals surface area contributed by atoms with Crippen molar-refractivity contribution in [2.24, 2.45) is 0 Å². The van der Waals surface area contributed by atoms with Gasteiger partial charge >= 0.3 is 0 Å². The fraction of sp³-hybridized carbons (Fsp3) is 0.556. The van der Waals surface area contributed by atoms with Crippen LogP contribution in [0.15, 0.2) is 12.3 Å². The molecule has 3 heterocycles. The molecule has 0 saturated carbocycles. The van der Waals surface area contributed by atoms with Crippen molar-refractivity contribution >= 4 is 5.91 Å². The number of nitrogens with one attached hydrogen (secondary N) is 1. The summed E-state index contributed by atoms with van der Waals surface area (Å²) in [4.78, 5) is 23.7. The number of aromatic amines is 1. The summed E-state index contributed by atoms with van der Waals surface area (Å²) >= 11 is 0. The Morgan fingerprint density at radius 1 is 1.29 bits per heavy atom. The molecule has 0 aromatic carbocycles. The molecule has 1 amide bonds. The number of amides is 1. The van der Waals surface area contributed by atoms with Crippen LogP contribution in [0.5, 0.6) is 0 Å². The van der Waals surface area contributed by atoms with Gasteiger partial charge in [-0.25, -0.2) is 9.97 Å². The summed E-state index contributed by atoms with van der Waals surface area (Å²) in [5.41, 5.74) is 3.99. The smallest absolute Gasteiger partial charge is 0.274 e. The van der Waals surface area contributed by atoms with Gasteiger partial charge in [-0.05, 0) is 51.5 Å². The van der Waals surface area contributed by atoms with Gasteiger partial charge in [0.25, 0.3) is 5.91 Å². The Bertz CT molecular complexity index is 754. The molecule has 1 aliphatic heterocycles. The molecule has 2 aliphatic rings. The first kappa shape index (κ1) is 15.3. The van der Waals surface area contributed by atoms with Crippen LogP contribution in [-0.2, 0) is 12.8 Å². The molecule has 0 spiro atoms. The van der Waals surface area contributed by atoms with Gasteiger partial charge in [0.2, 0.25) is 0 Å². The van der Waals surface area contributed by atoms with Crippen LogP contribution in [0.3, 0.4) is 0 Å². The highest BCUT2D eigenvalue weighted by Crippen LogP contribution is 2.28. The van der Waals surface area contributed by atoms with Gasteiger partial charge in [-0.2, -0.15) is 5.10 Å². The van der Waals surface area contributed by atoms with Crippen LogP contribution in [-0.4, -0.2) is 44.1 Å². The Morgan fingerprint density at radius 2 is 2.17 bits per heavy atom. The van der Waals surface area contributed by atoms with E-state index in [9.17, 15) is 4.79 Å². The topological polar surface area (TPSA) is 74.8 Å². The van der Waals surface area contributed by atoms with Crippen molar-refractivity contribution in [3.05, 3.63) is 40.7 Å². The molecule has 1 N–H and O–H groups in total. The first-order valence-corrected chi connectivity index (χ1v) is 8.87. The quantitative estimate of drug-likeness (QED) is 0.920. The number of nitrogens with zero attached hydrogens (tertiary/aromatic N) is 4. The van der Waals surface area contributed by atoms with Crippen LogP contribution in [0.4, 0.5) is 0 Å². The SMILES string of the molecule is Cc1nccc(C2CCCN(C(=O)c3n[nH]c4c3CCCC4)C2)n1.